The van der Waals surface area contributed by atoms with Crippen LogP contribution in [-0.4, -0.2) is 17.7 Å². The van der Waals surface area contributed by atoms with Crippen molar-refractivity contribution in [3.63, 3.8) is 0 Å². The van der Waals surface area contributed by atoms with Crippen molar-refractivity contribution in [1.82, 2.24) is 0 Å². The lowest BCUT2D eigenvalue weighted by atomic mass is 10.0. The second kappa shape index (κ2) is 6.67. The molecule has 1 aromatic heterocycles. The summed E-state index contributed by atoms with van der Waals surface area (Å²) in [6.07, 6.45) is 2.48. The van der Waals surface area contributed by atoms with Crippen molar-refractivity contribution in [3.05, 3.63) is 75.6 Å². The van der Waals surface area contributed by atoms with E-state index >= 15 is 0 Å². The maximum absolute atomic E-state index is 12.2. The Hall–Kier alpha value is -3.08. The molecule has 0 unspecified atom stereocenters. The van der Waals surface area contributed by atoms with E-state index in [0.29, 0.717) is 29.1 Å². The molecule has 1 N–H and O–H groups in total. The Kier molecular flexibility index (Phi) is 4.21. The minimum atomic E-state index is -0.561. The van der Waals surface area contributed by atoms with Gasteiger partial charge in [0.05, 0.1) is 23.1 Å². The molecule has 0 saturated heterocycles. The molecule has 5 heteroatoms. The molecular weight excluding hydrogens is 332 g/mol. The van der Waals surface area contributed by atoms with Gasteiger partial charge in [0, 0.05) is 6.42 Å². The number of hydrogen-bond acceptors (Lipinski definition) is 5. The van der Waals surface area contributed by atoms with Gasteiger partial charge < -0.3 is 14.3 Å². The highest BCUT2D eigenvalue weighted by Crippen LogP contribution is 2.29. The number of aromatic hydroxyl groups is 1. The molecule has 3 aromatic rings. The van der Waals surface area contributed by atoms with Gasteiger partial charge in [-0.1, -0.05) is 24.3 Å². The second-order valence-electron chi connectivity index (χ2n) is 6.63. The molecule has 1 saturated carbocycles. The number of carbonyl (C=O) groups is 1. The highest BCUT2D eigenvalue weighted by atomic mass is 16.5. The third-order valence-corrected chi connectivity index (χ3v) is 4.59. The topological polar surface area (TPSA) is 76.7 Å². The fourth-order valence-electron chi connectivity index (χ4n) is 2.85. The van der Waals surface area contributed by atoms with Crippen LogP contribution in [0.3, 0.4) is 0 Å². The lowest BCUT2D eigenvalue weighted by Crippen LogP contribution is -2.09. The molecule has 132 valence electrons. The number of benzene rings is 2. The van der Waals surface area contributed by atoms with Crippen molar-refractivity contribution < 1.29 is 19.1 Å². The van der Waals surface area contributed by atoms with Gasteiger partial charge in [0.15, 0.2) is 0 Å². The molecule has 0 amide bonds. The Morgan fingerprint density at radius 1 is 1.12 bits per heavy atom. The number of fused-ring (bicyclic) bond motifs is 1. The lowest BCUT2D eigenvalue weighted by molar-refractivity contribution is 0.0486. The van der Waals surface area contributed by atoms with Crippen LogP contribution in [0.2, 0.25) is 0 Å². The van der Waals surface area contributed by atoms with Crippen LogP contribution < -0.4 is 5.63 Å². The molecule has 1 fully saturated rings. The first-order valence-electron chi connectivity index (χ1n) is 8.61. The minimum absolute atomic E-state index is 0.0650. The molecule has 5 nitrogen and oxygen atoms in total. The van der Waals surface area contributed by atoms with E-state index < -0.39 is 5.63 Å². The first kappa shape index (κ1) is 16.4. The third-order valence-electron chi connectivity index (χ3n) is 4.59. The Labute approximate surface area is 149 Å². The summed E-state index contributed by atoms with van der Waals surface area (Å²) in [5, 5.41) is 10.9. The van der Waals surface area contributed by atoms with Crippen molar-refractivity contribution in [2.75, 3.05) is 6.61 Å². The largest absolute Gasteiger partial charge is 0.507 e. The summed E-state index contributed by atoms with van der Waals surface area (Å²) in [4.78, 5) is 24.2. The Morgan fingerprint density at radius 2 is 1.85 bits per heavy atom. The van der Waals surface area contributed by atoms with E-state index in [2.05, 4.69) is 0 Å². The van der Waals surface area contributed by atoms with Crippen LogP contribution in [0.15, 0.2) is 57.7 Å². The molecule has 2 aromatic carbocycles. The summed E-state index contributed by atoms with van der Waals surface area (Å²) in [6.45, 7) is 0.479. The Balaban J connectivity index is 1.54. The molecule has 0 radical (unpaired) electrons. The standard InChI is InChI=1S/C21H18O5/c22-19-16-3-1-2-4-18(16)26-21(24)17(19)11-13-7-9-15(10-8-13)20(23)25-12-14-5-6-14/h1-4,7-10,14,22H,5-6,11-12H2. The van der Waals surface area contributed by atoms with Gasteiger partial charge in [-0.15, -0.1) is 0 Å². The first-order valence-corrected chi connectivity index (χ1v) is 8.61. The summed E-state index contributed by atoms with van der Waals surface area (Å²) in [5.74, 6) is 0.120. The number of rotatable bonds is 5. The molecule has 0 aliphatic heterocycles. The smallest absolute Gasteiger partial charge is 0.343 e. The zero-order chi connectivity index (χ0) is 18.1. The molecule has 0 bridgehead atoms. The maximum atomic E-state index is 12.2. The Morgan fingerprint density at radius 3 is 2.58 bits per heavy atom. The zero-order valence-corrected chi connectivity index (χ0v) is 14.1. The van der Waals surface area contributed by atoms with Crippen LogP contribution in [0.1, 0.15) is 34.3 Å². The monoisotopic (exact) mass is 350 g/mol. The van der Waals surface area contributed by atoms with E-state index in [1.807, 2.05) is 0 Å². The summed E-state index contributed by atoms with van der Waals surface area (Å²) >= 11 is 0. The molecule has 1 heterocycles. The normalized spacial score (nSPS) is 13.7. The predicted molar refractivity (Wildman–Crippen MR) is 96.4 cm³/mol. The number of esters is 1. The third kappa shape index (κ3) is 3.33. The lowest BCUT2D eigenvalue weighted by Gasteiger charge is -2.07. The summed E-state index contributed by atoms with van der Waals surface area (Å²) in [5.41, 5.74) is 1.26. The summed E-state index contributed by atoms with van der Waals surface area (Å²) < 4.78 is 10.5. The van der Waals surface area contributed by atoms with Crippen LogP contribution in [0, 0.1) is 5.92 Å². The van der Waals surface area contributed by atoms with Gasteiger partial charge in [-0.05, 0) is 48.6 Å². The van der Waals surface area contributed by atoms with Gasteiger partial charge >= 0.3 is 11.6 Å². The van der Waals surface area contributed by atoms with Gasteiger partial charge in [-0.2, -0.15) is 0 Å². The quantitative estimate of drug-likeness (QED) is 0.561. The van der Waals surface area contributed by atoms with E-state index in [4.69, 9.17) is 9.15 Å². The van der Waals surface area contributed by atoms with Gasteiger partial charge in [-0.3, -0.25) is 0 Å². The average Bonchev–Trinajstić information content (AvgIpc) is 3.48. The summed E-state index contributed by atoms with van der Waals surface area (Å²) in [7, 11) is 0. The molecule has 1 aliphatic carbocycles. The van der Waals surface area contributed by atoms with Crippen LogP contribution in [0.4, 0.5) is 0 Å². The van der Waals surface area contributed by atoms with Crippen molar-refractivity contribution >= 4 is 16.9 Å². The first-order chi connectivity index (χ1) is 12.6. The van der Waals surface area contributed by atoms with E-state index in [1.54, 1.807) is 48.5 Å². The second-order valence-corrected chi connectivity index (χ2v) is 6.63. The van der Waals surface area contributed by atoms with Crippen LogP contribution in [0.5, 0.6) is 5.75 Å². The van der Waals surface area contributed by atoms with Gasteiger partial charge in [-0.25, -0.2) is 9.59 Å². The number of ether oxygens (including phenoxy) is 1. The van der Waals surface area contributed by atoms with Gasteiger partial charge in [0.1, 0.15) is 11.3 Å². The summed E-state index contributed by atoms with van der Waals surface area (Å²) in [6, 6.07) is 13.7. The van der Waals surface area contributed by atoms with E-state index in [1.165, 1.54) is 0 Å². The SMILES string of the molecule is O=C(OCC1CC1)c1ccc(Cc2c(O)c3ccccc3oc2=O)cc1. The fourth-order valence-corrected chi connectivity index (χ4v) is 2.85. The molecule has 1 aliphatic rings. The average molecular weight is 350 g/mol. The fraction of sp³-hybridized carbons (Fsp3) is 0.238. The van der Waals surface area contributed by atoms with Crippen LogP contribution in [-0.2, 0) is 11.2 Å². The van der Waals surface area contributed by atoms with E-state index in [0.717, 1.165) is 18.4 Å². The molecule has 0 atom stereocenters. The van der Waals surface area contributed by atoms with Gasteiger partial charge in [0.2, 0.25) is 0 Å². The van der Waals surface area contributed by atoms with Gasteiger partial charge in [0.25, 0.3) is 0 Å². The molecular formula is C21H18O5. The number of para-hydroxylation sites is 1. The molecule has 26 heavy (non-hydrogen) atoms. The molecule has 4 rings (SSSR count). The highest BCUT2D eigenvalue weighted by Gasteiger charge is 2.23. The van der Waals surface area contributed by atoms with Crippen molar-refractivity contribution in [2.45, 2.75) is 19.3 Å². The minimum Gasteiger partial charge on any atom is -0.507 e. The van der Waals surface area contributed by atoms with Crippen molar-refractivity contribution in [3.8, 4) is 5.75 Å². The Bertz CT molecular complexity index is 1010. The molecule has 0 spiro atoms. The van der Waals surface area contributed by atoms with Crippen LogP contribution >= 0.6 is 0 Å². The van der Waals surface area contributed by atoms with Crippen molar-refractivity contribution in [2.24, 2.45) is 5.92 Å². The van der Waals surface area contributed by atoms with Crippen LogP contribution in [0.25, 0.3) is 11.0 Å². The number of hydrogen-bond donors (Lipinski definition) is 1. The van der Waals surface area contributed by atoms with E-state index in [-0.39, 0.29) is 23.7 Å². The zero-order valence-electron chi connectivity index (χ0n) is 14.1. The predicted octanol–water partition coefficient (Wildman–Crippen LogP) is 3.66. The van der Waals surface area contributed by atoms with E-state index in [9.17, 15) is 14.7 Å². The highest BCUT2D eigenvalue weighted by molar-refractivity contribution is 5.89. The van der Waals surface area contributed by atoms with Crippen molar-refractivity contribution in [1.29, 1.82) is 0 Å². The maximum Gasteiger partial charge on any atom is 0.343 e. The number of carbonyl (C=O) groups excluding carboxylic acids is 1.